The highest BCUT2D eigenvalue weighted by atomic mass is 16.7. The summed E-state index contributed by atoms with van der Waals surface area (Å²) in [6, 6.07) is 5.28. The molecule has 0 saturated carbocycles. The van der Waals surface area contributed by atoms with Crippen LogP contribution in [0.15, 0.2) is 27.4 Å². The lowest BCUT2D eigenvalue weighted by molar-refractivity contribution is -0.0929. The molecule has 6 nitrogen and oxygen atoms in total. The van der Waals surface area contributed by atoms with Crippen molar-refractivity contribution in [2.75, 3.05) is 25.3 Å². The van der Waals surface area contributed by atoms with E-state index in [-0.39, 0.29) is 0 Å². The van der Waals surface area contributed by atoms with Gasteiger partial charge in [0.05, 0.1) is 13.7 Å². The zero-order valence-electron chi connectivity index (χ0n) is 13.6. The average Bonchev–Trinajstić information content (AvgIpc) is 2.54. The van der Waals surface area contributed by atoms with E-state index in [0.717, 1.165) is 29.5 Å². The third-order valence-corrected chi connectivity index (χ3v) is 3.91. The first kappa shape index (κ1) is 15.8. The molecule has 0 aliphatic carbocycles. The Hall–Kier alpha value is -2.05. The normalized spacial score (nSPS) is 17.2. The molecule has 124 valence electrons. The Morgan fingerprint density at radius 2 is 2.22 bits per heavy atom. The van der Waals surface area contributed by atoms with E-state index in [1.165, 1.54) is 6.07 Å². The molecule has 23 heavy (non-hydrogen) atoms. The van der Waals surface area contributed by atoms with Crippen molar-refractivity contribution in [3.05, 3.63) is 34.2 Å². The van der Waals surface area contributed by atoms with Gasteiger partial charge in [-0.05, 0) is 31.0 Å². The molecular weight excluding hydrogens is 298 g/mol. The molecule has 0 bridgehead atoms. The van der Waals surface area contributed by atoms with Crippen LogP contribution in [0.25, 0.3) is 11.0 Å². The van der Waals surface area contributed by atoms with Gasteiger partial charge in [-0.2, -0.15) is 0 Å². The highest BCUT2D eigenvalue weighted by Gasteiger charge is 2.29. The number of fused-ring (bicyclic) bond motifs is 3. The van der Waals surface area contributed by atoms with Crippen molar-refractivity contribution in [2.24, 2.45) is 0 Å². The van der Waals surface area contributed by atoms with Gasteiger partial charge in [-0.3, -0.25) is 4.84 Å². The molecule has 0 amide bonds. The first-order chi connectivity index (χ1) is 11.1. The minimum atomic E-state index is -0.467. The zero-order chi connectivity index (χ0) is 16.4. The molecular formula is C17H21NO5. The SMILES string of the molecule is CCCCOC1CN(OC)c2ccc3c(C)cc(=O)oc3c2O1. The van der Waals surface area contributed by atoms with Crippen molar-refractivity contribution in [1.29, 1.82) is 0 Å². The van der Waals surface area contributed by atoms with Gasteiger partial charge < -0.3 is 13.9 Å². The summed E-state index contributed by atoms with van der Waals surface area (Å²) >= 11 is 0. The Labute approximate surface area is 134 Å². The van der Waals surface area contributed by atoms with E-state index in [1.54, 1.807) is 12.2 Å². The van der Waals surface area contributed by atoms with Gasteiger partial charge in [-0.25, -0.2) is 9.86 Å². The Balaban J connectivity index is 2.03. The number of aryl methyl sites for hydroxylation is 1. The maximum absolute atomic E-state index is 11.7. The lowest BCUT2D eigenvalue weighted by Gasteiger charge is -2.34. The summed E-state index contributed by atoms with van der Waals surface area (Å²) in [6.45, 7) is 5.04. The van der Waals surface area contributed by atoms with E-state index in [2.05, 4.69) is 6.92 Å². The van der Waals surface area contributed by atoms with Crippen molar-refractivity contribution < 1.29 is 18.7 Å². The summed E-state index contributed by atoms with van der Waals surface area (Å²) in [5.74, 6) is 0.484. The standard InChI is InChI=1S/C17H21NO5/c1-4-5-8-21-15-10-18(20-3)13-7-6-12-11(2)9-14(19)22-16(12)17(13)23-15/h6-7,9,15H,4-5,8,10H2,1-3H3. The molecule has 0 spiro atoms. The van der Waals surface area contributed by atoms with Gasteiger partial charge in [0.1, 0.15) is 12.2 Å². The predicted molar refractivity (Wildman–Crippen MR) is 86.9 cm³/mol. The number of benzene rings is 1. The van der Waals surface area contributed by atoms with Gasteiger partial charge in [-0.1, -0.05) is 13.3 Å². The molecule has 0 saturated heterocycles. The Morgan fingerprint density at radius 3 is 2.96 bits per heavy atom. The molecule has 1 unspecified atom stereocenters. The van der Waals surface area contributed by atoms with Crippen molar-refractivity contribution >= 4 is 16.7 Å². The number of hydrogen-bond donors (Lipinski definition) is 0. The first-order valence-electron chi connectivity index (χ1n) is 7.81. The third kappa shape index (κ3) is 3.04. The molecule has 1 aliphatic rings. The molecule has 2 heterocycles. The number of hydroxylamine groups is 1. The second-order valence-corrected chi connectivity index (χ2v) is 5.55. The second kappa shape index (κ2) is 6.60. The second-order valence-electron chi connectivity index (χ2n) is 5.55. The Bertz CT molecular complexity index is 754. The fourth-order valence-corrected chi connectivity index (χ4v) is 2.68. The maximum Gasteiger partial charge on any atom is 0.336 e. The monoisotopic (exact) mass is 319 g/mol. The van der Waals surface area contributed by atoms with Crippen molar-refractivity contribution in [3.8, 4) is 5.75 Å². The van der Waals surface area contributed by atoms with Crippen LogP contribution < -0.4 is 15.4 Å². The molecule has 1 atom stereocenters. The Morgan fingerprint density at radius 1 is 1.39 bits per heavy atom. The maximum atomic E-state index is 11.7. The fourth-order valence-electron chi connectivity index (χ4n) is 2.68. The van der Waals surface area contributed by atoms with Gasteiger partial charge in [-0.15, -0.1) is 0 Å². The van der Waals surface area contributed by atoms with Gasteiger partial charge >= 0.3 is 5.63 Å². The molecule has 0 N–H and O–H groups in total. The number of nitrogens with zero attached hydrogens (tertiary/aromatic N) is 1. The minimum absolute atomic E-state index is 0.398. The largest absolute Gasteiger partial charge is 0.457 e. The number of ether oxygens (including phenoxy) is 2. The van der Waals surface area contributed by atoms with E-state index in [1.807, 2.05) is 19.1 Å². The number of anilines is 1. The van der Waals surface area contributed by atoms with E-state index >= 15 is 0 Å². The molecule has 0 radical (unpaired) electrons. The molecule has 6 heteroatoms. The van der Waals surface area contributed by atoms with Crippen LogP contribution in [0.1, 0.15) is 25.3 Å². The highest BCUT2D eigenvalue weighted by Crippen LogP contribution is 2.40. The van der Waals surface area contributed by atoms with Crippen LogP contribution in [0.3, 0.4) is 0 Å². The topological polar surface area (TPSA) is 61.1 Å². The van der Waals surface area contributed by atoms with E-state index < -0.39 is 11.9 Å². The van der Waals surface area contributed by atoms with E-state index in [4.69, 9.17) is 18.7 Å². The van der Waals surface area contributed by atoms with Crippen molar-refractivity contribution in [2.45, 2.75) is 33.0 Å². The zero-order valence-corrected chi connectivity index (χ0v) is 13.6. The summed E-state index contributed by atoms with van der Waals surface area (Å²) in [7, 11) is 1.59. The molecule has 1 aromatic heterocycles. The van der Waals surface area contributed by atoms with E-state index in [9.17, 15) is 4.79 Å². The molecule has 1 aromatic carbocycles. The summed E-state index contributed by atoms with van der Waals surface area (Å²) in [6.07, 6.45) is 1.54. The summed E-state index contributed by atoms with van der Waals surface area (Å²) < 4.78 is 17.1. The van der Waals surface area contributed by atoms with Gasteiger partial charge in [0.15, 0.2) is 11.3 Å². The third-order valence-electron chi connectivity index (χ3n) is 3.91. The first-order valence-corrected chi connectivity index (χ1v) is 7.81. The average molecular weight is 319 g/mol. The highest BCUT2D eigenvalue weighted by molar-refractivity contribution is 5.91. The molecule has 0 fully saturated rings. The fraction of sp³-hybridized carbons (Fsp3) is 0.471. The lowest BCUT2D eigenvalue weighted by atomic mass is 10.1. The molecule has 3 rings (SSSR count). The number of unbranched alkanes of at least 4 members (excludes halogenated alkanes) is 1. The summed E-state index contributed by atoms with van der Waals surface area (Å²) in [5.41, 5.74) is 1.60. The molecule has 2 aromatic rings. The number of rotatable bonds is 5. The van der Waals surface area contributed by atoms with Crippen LogP contribution in [0, 0.1) is 6.92 Å². The van der Waals surface area contributed by atoms with Crippen LogP contribution in [-0.4, -0.2) is 26.6 Å². The van der Waals surface area contributed by atoms with Crippen LogP contribution >= 0.6 is 0 Å². The quantitative estimate of drug-likeness (QED) is 0.623. The Kier molecular flexibility index (Phi) is 4.54. The van der Waals surface area contributed by atoms with Crippen LogP contribution in [0.2, 0.25) is 0 Å². The van der Waals surface area contributed by atoms with Gasteiger partial charge in [0.25, 0.3) is 0 Å². The van der Waals surface area contributed by atoms with Crippen LogP contribution in [0.4, 0.5) is 5.69 Å². The van der Waals surface area contributed by atoms with Crippen molar-refractivity contribution in [1.82, 2.24) is 0 Å². The lowest BCUT2D eigenvalue weighted by Crippen LogP contribution is -2.41. The summed E-state index contributed by atoms with van der Waals surface area (Å²) in [5, 5.41) is 2.53. The number of hydrogen-bond acceptors (Lipinski definition) is 6. The van der Waals surface area contributed by atoms with Crippen LogP contribution in [0.5, 0.6) is 5.75 Å². The predicted octanol–water partition coefficient (Wildman–Crippen LogP) is 3.00. The van der Waals surface area contributed by atoms with Gasteiger partial charge in [0, 0.05) is 11.5 Å². The van der Waals surface area contributed by atoms with Crippen molar-refractivity contribution in [3.63, 3.8) is 0 Å². The smallest absolute Gasteiger partial charge is 0.336 e. The van der Waals surface area contributed by atoms with Crippen LogP contribution in [-0.2, 0) is 9.57 Å². The summed E-state index contributed by atoms with van der Waals surface area (Å²) in [4.78, 5) is 17.2. The minimum Gasteiger partial charge on any atom is -0.457 e. The van der Waals surface area contributed by atoms with E-state index in [0.29, 0.717) is 24.5 Å². The van der Waals surface area contributed by atoms with Gasteiger partial charge in [0.2, 0.25) is 6.29 Å². The molecule has 1 aliphatic heterocycles.